The Bertz CT molecular complexity index is 891. The first kappa shape index (κ1) is 14.7. The fraction of sp³-hybridized carbons (Fsp3) is 0.167. The number of benzene rings is 2. The SMILES string of the molecule is O=C1OC(CO)C(c2ccc(-n3ccc4ccccc43)cc2)N1F. The van der Waals surface area contributed by atoms with Gasteiger partial charge in [-0.25, -0.2) is 4.79 Å². The summed E-state index contributed by atoms with van der Waals surface area (Å²) in [6.07, 6.45) is 0.000133. The van der Waals surface area contributed by atoms with E-state index in [1.165, 1.54) is 0 Å². The molecule has 1 aliphatic rings. The highest BCUT2D eigenvalue weighted by Gasteiger charge is 2.43. The first-order valence-corrected chi connectivity index (χ1v) is 7.62. The number of halogens is 1. The lowest BCUT2D eigenvalue weighted by Gasteiger charge is -2.17. The fourth-order valence-corrected chi connectivity index (χ4v) is 3.13. The zero-order chi connectivity index (χ0) is 16.7. The molecule has 2 unspecified atom stereocenters. The van der Waals surface area contributed by atoms with Crippen molar-refractivity contribution in [3.8, 4) is 5.69 Å². The van der Waals surface area contributed by atoms with Gasteiger partial charge in [0.1, 0.15) is 6.04 Å². The van der Waals surface area contributed by atoms with E-state index in [-0.39, 0.29) is 5.12 Å². The number of carbonyl (C=O) groups is 1. The van der Waals surface area contributed by atoms with E-state index in [1.54, 1.807) is 12.1 Å². The van der Waals surface area contributed by atoms with Crippen LogP contribution >= 0.6 is 0 Å². The molecule has 6 heteroatoms. The normalized spacial score (nSPS) is 20.6. The van der Waals surface area contributed by atoms with Gasteiger partial charge >= 0.3 is 6.09 Å². The number of aliphatic hydroxyl groups excluding tert-OH is 1. The Balaban J connectivity index is 1.69. The quantitative estimate of drug-likeness (QED) is 0.751. The molecule has 3 aromatic rings. The molecule has 1 saturated heterocycles. The van der Waals surface area contributed by atoms with Crippen LogP contribution in [0.1, 0.15) is 11.6 Å². The molecule has 1 fully saturated rings. The topological polar surface area (TPSA) is 54.7 Å². The summed E-state index contributed by atoms with van der Waals surface area (Å²) >= 11 is 0. The van der Waals surface area contributed by atoms with Gasteiger partial charge in [0.15, 0.2) is 6.10 Å². The number of para-hydroxylation sites is 1. The summed E-state index contributed by atoms with van der Waals surface area (Å²) in [6, 6.07) is 16.3. The maximum absolute atomic E-state index is 13.9. The second-order valence-electron chi connectivity index (χ2n) is 5.70. The summed E-state index contributed by atoms with van der Waals surface area (Å²) in [5.41, 5.74) is 2.57. The molecule has 4 rings (SSSR count). The summed E-state index contributed by atoms with van der Waals surface area (Å²) in [5, 5.41) is 10.4. The van der Waals surface area contributed by atoms with Crippen LogP contribution in [0.25, 0.3) is 16.6 Å². The zero-order valence-corrected chi connectivity index (χ0v) is 12.7. The number of aromatic nitrogens is 1. The van der Waals surface area contributed by atoms with E-state index in [2.05, 4.69) is 0 Å². The van der Waals surface area contributed by atoms with Crippen LogP contribution in [0.15, 0.2) is 60.8 Å². The predicted molar refractivity (Wildman–Crippen MR) is 86.3 cm³/mol. The minimum Gasteiger partial charge on any atom is -0.439 e. The van der Waals surface area contributed by atoms with E-state index >= 15 is 0 Å². The number of rotatable bonds is 3. The van der Waals surface area contributed by atoms with E-state index in [4.69, 9.17) is 4.74 Å². The highest BCUT2D eigenvalue weighted by Crippen LogP contribution is 2.34. The van der Waals surface area contributed by atoms with E-state index in [0.29, 0.717) is 5.56 Å². The molecule has 1 aromatic heterocycles. The van der Waals surface area contributed by atoms with Crippen LogP contribution in [0.3, 0.4) is 0 Å². The van der Waals surface area contributed by atoms with Gasteiger partial charge in [-0.3, -0.25) is 0 Å². The molecule has 24 heavy (non-hydrogen) atoms. The Morgan fingerprint density at radius 2 is 1.83 bits per heavy atom. The van der Waals surface area contributed by atoms with Gasteiger partial charge in [-0.2, -0.15) is 0 Å². The minimum atomic E-state index is -1.07. The molecular weight excluding hydrogens is 311 g/mol. The second-order valence-corrected chi connectivity index (χ2v) is 5.70. The van der Waals surface area contributed by atoms with Crippen LogP contribution in [0.2, 0.25) is 0 Å². The number of hydrogen-bond donors (Lipinski definition) is 1. The molecule has 2 atom stereocenters. The molecule has 122 valence electrons. The van der Waals surface area contributed by atoms with Crippen molar-refractivity contribution < 1.29 is 19.1 Å². The van der Waals surface area contributed by atoms with Gasteiger partial charge in [0, 0.05) is 11.9 Å². The maximum atomic E-state index is 13.9. The molecule has 2 aromatic carbocycles. The molecule has 1 aliphatic heterocycles. The number of nitrogens with zero attached hydrogens (tertiary/aromatic N) is 2. The van der Waals surface area contributed by atoms with Crippen molar-refractivity contribution in [2.75, 3.05) is 6.61 Å². The fourth-order valence-electron chi connectivity index (χ4n) is 3.13. The van der Waals surface area contributed by atoms with Gasteiger partial charge in [-0.15, -0.1) is 5.12 Å². The summed E-state index contributed by atoms with van der Waals surface area (Å²) in [6.45, 7) is -0.430. The van der Waals surface area contributed by atoms with E-state index < -0.39 is 24.8 Å². The molecule has 5 nitrogen and oxygen atoms in total. The average molecular weight is 326 g/mol. The number of aliphatic hydroxyl groups is 1. The first-order valence-electron chi connectivity index (χ1n) is 7.62. The molecular formula is C18H15FN2O3. The summed E-state index contributed by atoms with van der Waals surface area (Å²) in [5.74, 6) is 0. The standard InChI is InChI=1S/C18H15FN2O3/c19-21-17(16(11-22)24-18(21)23)13-5-7-14(8-6-13)20-10-9-12-3-1-2-4-15(12)20/h1-10,16-17,22H,11H2. The summed E-state index contributed by atoms with van der Waals surface area (Å²) in [7, 11) is 0. The Morgan fingerprint density at radius 1 is 1.08 bits per heavy atom. The Labute approximate surface area is 137 Å². The number of hydrogen-bond acceptors (Lipinski definition) is 3. The molecule has 0 saturated carbocycles. The molecule has 1 N–H and O–H groups in total. The number of cyclic esters (lactones) is 1. The third-order valence-electron chi connectivity index (χ3n) is 4.32. The Hall–Kier alpha value is -2.86. The number of amides is 1. The van der Waals surface area contributed by atoms with Gasteiger partial charge in [-0.05, 0) is 35.2 Å². The van der Waals surface area contributed by atoms with Gasteiger partial charge in [0.05, 0.1) is 12.1 Å². The maximum Gasteiger partial charge on any atom is 0.439 e. The lowest BCUT2D eigenvalue weighted by Crippen LogP contribution is -2.24. The van der Waals surface area contributed by atoms with Gasteiger partial charge in [0.25, 0.3) is 0 Å². The van der Waals surface area contributed by atoms with Crippen LogP contribution in [0.5, 0.6) is 0 Å². The van der Waals surface area contributed by atoms with Crippen LogP contribution in [0.4, 0.5) is 9.28 Å². The molecule has 1 amide bonds. The van der Waals surface area contributed by atoms with E-state index in [1.807, 2.05) is 53.2 Å². The van der Waals surface area contributed by atoms with Crippen molar-refractivity contribution in [1.29, 1.82) is 0 Å². The van der Waals surface area contributed by atoms with Crippen LogP contribution in [-0.4, -0.2) is 33.6 Å². The number of fused-ring (bicyclic) bond motifs is 1. The van der Waals surface area contributed by atoms with Crippen LogP contribution < -0.4 is 0 Å². The van der Waals surface area contributed by atoms with Crippen molar-refractivity contribution in [3.63, 3.8) is 0 Å². The van der Waals surface area contributed by atoms with Crippen LogP contribution in [-0.2, 0) is 4.74 Å². The molecule has 2 heterocycles. The summed E-state index contributed by atoms with van der Waals surface area (Å²) in [4.78, 5) is 11.3. The largest absolute Gasteiger partial charge is 0.439 e. The highest BCUT2D eigenvalue weighted by atomic mass is 19.2. The van der Waals surface area contributed by atoms with E-state index in [9.17, 15) is 14.4 Å². The van der Waals surface area contributed by atoms with Crippen molar-refractivity contribution in [1.82, 2.24) is 9.69 Å². The smallest absolute Gasteiger partial charge is 0.439 e. The number of ether oxygens (including phenoxy) is 1. The second kappa shape index (κ2) is 5.65. The highest BCUT2D eigenvalue weighted by molar-refractivity contribution is 5.81. The average Bonchev–Trinajstić information content (AvgIpc) is 3.17. The van der Waals surface area contributed by atoms with Gasteiger partial charge in [0.2, 0.25) is 0 Å². The zero-order valence-electron chi connectivity index (χ0n) is 12.7. The van der Waals surface area contributed by atoms with Crippen molar-refractivity contribution in [2.45, 2.75) is 12.1 Å². The molecule has 0 spiro atoms. The summed E-state index contributed by atoms with van der Waals surface area (Å²) < 4.78 is 20.8. The van der Waals surface area contributed by atoms with Gasteiger partial charge in [-0.1, -0.05) is 34.8 Å². The van der Waals surface area contributed by atoms with E-state index in [0.717, 1.165) is 16.6 Å². The minimum absolute atomic E-state index is 0.0287. The predicted octanol–water partition coefficient (Wildman–Crippen LogP) is 3.37. The van der Waals surface area contributed by atoms with Crippen molar-refractivity contribution in [3.05, 3.63) is 66.4 Å². The first-order chi connectivity index (χ1) is 11.7. The lowest BCUT2D eigenvalue weighted by molar-refractivity contribution is 0.0388. The van der Waals surface area contributed by atoms with Crippen LogP contribution in [0, 0.1) is 0 Å². The third-order valence-corrected chi connectivity index (χ3v) is 4.32. The van der Waals surface area contributed by atoms with Gasteiger partial charge < -0.3 is 14.4 Å². The van der Waals surface area contributed by atoms with Crippen molar-refractivity contribution in [2.24, 2.45) is 0 Å². The molecule has 0 radical (unpaired) electrons. The molecule has 0 bridgehead atoms. The third kappa shape index (κ3) is 2.23. The Kier molecular flexibility index (Phi) is 3.46. The van der Waals surface area contributed by atoms with Crippen molar-refractivity contribution >= 4 is 17.0 Å². The number of carbonyl (C=O) groups excluding carboxylic acids is 1. The lowest BCUT2D eigenvalue weighted by atomic mass is 10.0. The Morgan fingerprint density at radius 3 is 2.58 bits per heavy atom. The monoisotopic (exact) mass is 326 g/mol. The molecule has 0 aliphatic carbocycles.